The number of thiazole rings is 1. The number of carbonyl (C=O) groups excluding carboxylic acids is 1. The van der Waals surface area contributed by atoms with Crippen molar-refractivity contribution in [3.05, 3.63) is 16.1 Å². The lowest BCUT2D eigenvalue weighted by atomic mass is 10.2. The Bertz CT molecular complexity index is 549. The van der Waals surface area contributed by atoms with Crippen molar-refractivity contribution < 1.29 is 13.2 Å². The van der Waals surface area contributed by atoms with Crippen LogP contribution in [0, 0.1) is 0 Å². The maximum absolute atomic E-state index is 11.8. The minimum atomic E-state index is -3.23. The summed E-state index contributed by atoms with van der Waals surface area (Å²) in [6.45, 7) is 3.68. The Balaban J connectivity index is 2.65. The Morgan fingerprint density at radius 3 is 2.68 bits per heavy atom. The molecule has 0 spiro atoms. The molecule has 0 aliphatic rings. The molecule has 8 heteroatoms. The molecule has 0 fully saturated rings. The molecule has 1 rings (SSSR count). The summed E-state index contributed by atoms with van der Waals surface area (Å²) in [4.78, 5) is 16.0. The Morgan fingerprint density at radius 1 is 1.53 bits per heavy atom. The smallest absolute Gasteiger partial charge is 0.270 e. The van der Waals surface area contributed by atoms with E-state index in [1.807, 2.05) is 0 Å². The molecular formula is C11H19N3O3S2. The second-order valence-corrected chi connectivity index (χ2v) is 8.47. The number of hydrogen-bond donors (Lipinski definition) is 2. The lowest BCUT2D eigenvalue weighted by Gasteiger charge is -2.22. The van der Waals surface area contributed by atoms with Crippen molar-refractivity contribution in [1.82, 2.24) is 10.3 Å². The molecule has 0 aromatic carbocycles. The molecule has 0 atom stereocenters. The predicted molar refractivity (Wildman–Crippen MR) is 76.1 cm³/mol. The van der Waals surface area contributed by atoms with E-state index >= 15 is 0 Å². The van der Waals surface area contributed by atoms with Gasteiger partial charge in [-0.3, -0.25) is 4.79 Å². The van der Waals surface area contributed by atoms with Crippen molar-refractivity contribution in [1.29, 1.82) is 0 Å². The summed E-state index contributed by atoms with van der Waals surface area (Å²) in [5.41, 5.74) is 5.71. The maximum atomic E-state index is 11.8. The minimum absolute atomic E-state index is 0.0500. The minimum Gasteiger partial charge on any atom is -0.349 e. The zero-order valence-electron chi connectivity index (χ0n) is 11.3. The maximum Gasteiger partial charge on any atom is 0.270 e. The number of amides is 1. The van der Waals surface area contributed by atoms with Gasteiger partial charge in [0, 0.05) is 24.6 Å². The molecule has 0 saturated carbocycles. The van der Waals surface area contributed by atoms with Gasteiger partial charge in [-0.2, -0.15) is 0 Å². The van der Waals surface area contributed by atoms with Crippen LogP contribution in [0.25, 0.3) is 0 Å². The Morgan fingerprint density at radius 2 is 2.16 bits per heavy atom. The molecule has 1 aromatic heterocycles. The molecule has 0 aliphatic heterocycles. The van der Waals surface area contributed by atoms with E-state index in [9.17, 15) is 13.2 Å². The third kappa shape index (κ3) is 4.26. The second kappa shape index (κ2) is 5.98. The molecule has 108 valence electrons. The fraction of sp³-hybridized carbons (Fsp3) is 0.636. The lowest BCUT2D eigenvalue weighted by molar-refractivity contribution is 0.0946. The van der Waals surface area contributed by atoms with E-state index in [2.05, 4.69) is 10.3 Å². The summed E-state index contributed by atoms with van der Waals surface area (Å²) >= 11 is 1.37. The number of nitrogens with two attached hydrogens (primary N) is 1. The average molecular weight is 305 g/mol. The lowest BCUT2D eigenvalue weighted by Crippen LogP contribution is -2.43. The van der Waals surface area contributed by atoms with Crippen LogP contribution in [-0.2, 0) is 16.3 Å². The van der Waals surface area contributed by atoms with E-state index < -0.39 is 14.6 Å². The molecule has 1 amide bonds. The molecule has 0 unspecified atom stereocenters. The first kappa shape index (κ1) is 16.1. The van der Waals surface area contributed by atoms with Gasteiger partial charge in [-0.15, -0.1) is 11.3 Å². The molecule has 0 bridgehead atoms. The summed E-state index contributed by atoms with van der Waals surface area (Å²) in [6, 6.07) is 0. The van der Waals surface area contributed by atoms with Crippen LogP contribution in [0.5, 0.6) is 0 Å². The van der Waals surface area contributed by atoms with Crippen LogP contribution in [0.1, 0.15) is 29.3 Å². The summed E-state index contributed by atoms with van der Waals surface area (Å²) < 4.78 is 22.0. The van der Waals surface area contributed by atoms with E-state index in [1.165, 1.54) is 11.3 Å². The highest BCUT2D eigenvalue weighted by Crippen LogP contribution is 2.14. The first-order chi connectivity index (χ1) is 8.67. The van der Waals surface area contributed by atoms with Gasteiger partial charge in [-0.25, -0.2) is 13.4 Å². The fourth-order valence-electron chi connectivity index (χ4n) is 1.17. The summed E-state index contributed by atoms with van der Waals surface area (Å²) in [5, 5.41) is 5.04. The molecule has 0 aliphatic carbocycles. The van der Waals surface area contributed by atoms with Crippen molar-refractivity contribution in [2.45, 2.75) is 25.0 Å². The van der Waals surface area contributed by atoms with Gasteiger partial charge in [0.05, 0.1) is 9.75 Å². The summed E-state index contributed by atoms with van der Waals surface area (Å²) in [5.74, 6) is -0.365. The van der Waals surface area contributed by atoms with Crippen LogP contribution >= 0.6 is 11.3 Å². The van der Waals surface area contributed by atoms with Crippen molar-refractivity contribution in [2.24, 2.45) is 5.73 Å². The Hall–Kier alpha value is -0.990. The van der Waals surface area contributed by atoms with Gasteiger partial charge in [-0.1, -0.05) is 0 Å². The zero-order valence-corrected chi connectivity index (χ0v) is 12.9. The monoisotopic (exact) mass is 305 g/mol. The third-order valence-corrected chi connectivity index (χ3v) is 5.88. The number of carbonyl (C=O) groups is 1. The highest BCUT2D eigenvalue weighted by atomic mass is 32.2. The standard InChI is InChI=1S/C11H19N3O3S2/c1-11(2,19(3,16)17)7-13-10(15)8-6-18-9(14-8)4-5-12/h6H,4-5,7,12H2,1-3H3,(H,13,15). The van der Waals surface area contributed by atoms with Crippen LogP contribution in [0.15, 0.2) is 5.38 Å². The van der Waals surface area contributed by atoms with Gasteiger partial charge >= 0.3 is 0 Å². The molecule has 1 aromatic rings. The van der Waals surface area contributed by atoms with Crippen LogP contribution in [0.3, 0.4) is 0 Å². The molecule has 3 N–H and O–H groups in total. The summed E-state index contributed by atoms with van der Waals surface area (Å²) in [6.07, 6.45) is 1.79. The second-order valence-electron chi connectivity index (χ2n) is 4.88. The van der Waals surface area contributed by atoms with Gasteiger partial charge < -0.3 is 11.1 Å². The number of rotatable bonds is 6. The van der Waals surface area contributed by atoms with Crippen LogP contribution < -0.4 is 11.1 Å². The zero-order chi connectivity index (χ0) is 14.7. The normalized spacial score (nSPS) is 12.4. The Labute approximate surface area is 117 Å². The highest BCUT2D eigenvalue weighted by Gasteiger charge is 2.30. The molecule has 0 radical (unpaired) electrons. The molecular weight excluding hydrogens is 286 g/mol. The van der Waals surface area contributed by atoms with Crippen molar-refractivity contribution in [3.8, 4) is 0 Å². The van der Waals surface area contributed by atoms with Crippen LogP contribution in [0.2, 0.25) is 0 Å². The highest BCUT2D eigenvalue weighted by molar-refractivity contribution is 7.92. The Kier molecular flexibility index (Phi) is 5.05. The van der Waals surface area contributed by atoms with Crippen LogP contribution in [-0.4, -0.2) is 43.4 Å². The van der Waals surface area contributed by atoms with Crippen molar-refractivity contribution >= 4 is 27.1 Å². The first-order valence-electron chi connectivity index (χ1n) is 5.79. The van der Waals surface area contributed by atoms with E-state index in [1.54, 1.807) is 19.2 Å². The average Bonchev–Trinajstić information content (AvgIpc) is 2.73. The molecule has 1 heterocycles. The number of nitrogens with one attached hydrogen (secondary N) is 1. The van der Waals surface area contributed by atoms with Crippen molar-refractivity contribution in [3.63, 3.8) is 0 Å². The number of sulfone groups is 1. The van der Waals surface area contributed by atoms with E-state index in [4.69, 9.17) is 5.73 Å². The largest absolute Gasteiger partial charge is 0.349 e. The van der Waals surface area contributed by atoms with E-state index in [0.29, 0.717) is 18.7 Å². The van der Waals surface area contributed by atoms with Gasteiger partial charge in [0.15, 0.2) is 9.84 Å². The first-order valence-corrected chi connectivity index (χ1v) is 8.57. The molecule has 0 saturated heterocycles. The third-order valence-electron chi connectivity index (χ3n) is 2.82. The number of aromatic nitrogens is 1. The quantitative estimate of drug-likeness (QED) is 0.781. The fourth-order valence-corrected chi connectivity index (χ4v) is 2.30. The number of nitrogens with zero attached hydrogens (tertiary/aromatic N) is 1. The van der Waals surface area contributed by atoms with Crippen molar-refractivity contribution in [2.75, 3.05) is 19.3 Å². The van der Waals surface area contributed by atoms with Gasteiger partial charge in [0.25, 0.3) is 5.91 Å². The van der Waals surface area contributed by atoms with Gasteiger partial charge in [0.1, 0.15) is 5.69 Å². The summed E-state index contributed by atoms with van der Waals surface area (Å²) in [7, 11) is -3.23. The van der Waals surface area contributed by atoms with E-state index in [-0.39, 0.29) is 12.5 Å². The molecule has 19 heavy (non-hydrogen) atoms. The van der Waals surface area contributed by atoms with Gasteiger partial charge in [0.2, 0.25) is 0 Å². The topological polar surface area (TPSA) is 102 Å². The number of hydrogen-bond acceptors (Lipinski definition) is 6. The molecule has 6 nitrogen and oxygen atoms in total. The SMILES string of the molecule is CC(C)(CNC(=O)c1csc(CCN)n1)S(C)(=O)=O. The van der Waals surface area contributed by atoms with Gasteiger partial charge in [-0.05, 0) is 20.4 Å². The predicted octanol–water partition coefficient (Wildman–Crippen LogP) is 0.197. The van der Waals surface area contributed by atoms with E-state index in [0.717, 1.165) is 11.3 Å². The van der Waals surface area contributed by atoms with Crippen LogP contribution in [0.4, 0.5) is 0 Å².